The molecular formula is C14H24N2O3. The van der Waals surface area contributed by atoms with Crippen LogP contribution in [0.5, 0.6) is 0 Å². The Morgan fingerprint density at radius 1 is 1.26 bits per heavy atom. The van der Waals surface area contributed by atoms with E-state index < -0.39 is 11.5 Å². The second-order valence-electron chi connectivity index (χ2n) is 6.25. The molecule has 0 bridgehead atoms. The fourth-order valence-corrected chi connectivity index (χ4v) is 3.06. The smallest absolute Gasteiger partial charge is 0.323 e. The lowest BCUT2D eigenvalue weighted by Crippen LogP contribution is -2.52. The highest BCUT2D eigenvalue weighted by atomic mass is 16.4. The molecule has 0 radical (unpaired) electrons. The van der Waals surface area contributed by atoms with E-state index in [1.165, 1.54) is 19.3 Å². The molecule has 0 spiro atoms. The Kier molecular flexibility index (Phi) is 4.13. The number of carboxylic acid groups (broad SMARTS) is 1. The minimum Gasteiger partial charge on any atom is -0.480 e. The molecule has 0 atom stereocenters. The second kappa shape index (κ2) is 5.49. The van der Waals surface area contributed by atoms with E-state index in [4.69, 9.17) is 10.8 Å². The van der Waals surface area contributed by atoms with Gasteiger partial charge in [-0.2, -0.15) is 0 Å². The summed E-state index contributed by atoms with van der Waals surface area (Å²) >= 11 is 0. The SMILES string of the molecule is CN(CC1CCC1)C(=O)C1CCC(N)(C(=O)O)CC1. The monoisotopic (exact) mass is 268 g/mol. The van der Waals surface area contributed by atoms with E-state index in [2.05, 4.69) is 0 Å². The van der Waals surface area contributed by atoms with Crippen molar-refractivity contribution in [1.82, 2.24) is 4.90 Å². The highest BCUT2D eigenvalue weighted by Gasteiger charge is 2.40. The van der Waals surface area contributed by atoms with E-state index in [0.29, 0.717) is 31.6 Å². The van der Waals surface area contributed by atoms with Crippen LogP contribution >= 0.6 is 0 Å². The van der Waals surface area contributed by atoms with Crippen molar-refractivity contribution in [2.75, 3.05) is 13.6 Å². The minimum absolute atomic E-state index is 0.0406. The number of carbonyl (C=O) groups excluding carboxylic acids is 1. The van der Waals surface area contributed by atoms with E-state index in [-0.39, 0.29) is 11.8 Å². The molecule has 3 N–H and O–H groups in total. The third kappa shape index (κ3) is 3.08. The van der Waals surface area contributed by atoms with Crippen LogP contribution in [0.15, 0.2) is 0 Å². The van der Waals surface area contributed by atoms with Crippen molar-refractivity contribution >= 4 is 11.9 Å². The van der Waals surface area contributed by atoms with Gasteiger partial charge >= 0.3 is 5.97 Å². The third-order valence-electron chi connectivity index (χ3n) is 4.79. The maximum Gasteiger partial charge on any atom is 0.323 e. The van der Waals surface area contributed by atoms with Gasteiger partial charge in [0.15, 0.2) is 0 Å². The zero-order chi connectivity index (χ0) is 14.0. The summed E-state index contributed by atoms with van der Waals surface area (Å²) in [6.07, 6.45) is 5.73. The van der Waals surface area contributed by atoms with Crippen LogP contribution in [0.25, 0.3) is 0 Å². The van der Waals surface area contributed by atoms with Crippen molar-refractivity contribution in [3.63, 3.8) is 0 Å². The number of nitrogens with zero attached hydrogens (tertiary/aromatic N) is 1. The van der Waals surface area contributed by atoms with Crippen molar-refractivity contribution < 1.29 is 14.7 Å². The van der Waals surface area contributed by atoms with Crippen LogP contribution in [0.2, 0.25) is 0 Å². The molecule has 5 nitrogen and oxygen atoms in total. The average molecular weight is 268 g/mol. The predicted octanol–water partition coefficient (Wildman–Crippen LogP) is 1.22. The topological polar surface area (TPSA) is 83.6 Å². The molecule has 0 saturated heterocycles. The maximum absolute atomic E-state index is 12.3. The minimum atomic E-state index is -1.12. The molecule has 5 heteroatoms. The second-order valence-corrected chi connectivity index (χ2v) is 6.25. The van der Waals surface area contributed by atoms with Gasteiger partial charge in [-0.05, 0) is 44.4 Å². The zero-order valence-corrected chi connectivity index (χ0v) is 11.6. The summed E-state index contributed by atoms with van der Waals surface area (Å²) in [5, 5.41) is 9.07. The van der Waals surface area contributed by atoms with Gasteiger partial charge in [0.05, 0.1) is 0 Å². The van der Waals surface area contributed by atoms with Crippen LogP contribution in [0.1, 0.15) is 44.9 Å². The van der Waals surface area contributed by atoms with E-state index >= 15 is 0 Å². The summed E-state index contributed by atoms with van der Waals surface area (Å²) in [4.78, 5) is 25.2. The van der Waals surface area contributed by atoms with Crippen molar-refractivity contribution in [3.8, 4) is 0 Å². The summed E-state index contributed by atoms with van der Waals surface area (Å²) in [5.41, 5.74) is 4.71. The first-order valence-corrected chi connectivity index (χ1v) is 7.19. The first-order chi connectivity index (χ1) is 8.92. The Hall–Kier alpha value is -1.10. The lowest BCUT2D eigenvalue weighted by Gasteiger charge is -2.36. The molecule has 2 aliphatic carbocycles. The number of amides is 1. The molecule has 0 aromatic carbocycles. The van der Waals surface area contributed by atoms with Gasteiger partial charge in [-0.3, -0.25) is 9.59 Å². The van der Waals surface area contributed by atoms with Crippen LogP contribution in [-0.4, -0.2) is 41.0 Å². The summed E-state index contributed by atoms with van der Waals surface area (Å²) in [6, 6.07) is 0. The van der Waals surface area contributed by atoms with Gasteiger partial charge < -0.3 is 15.7 Å². The van der Waals surface area contributed by atoms with Crippen molar-refractivity contribution in [3.05, 3.63) is 0 Å². The lowest BCUT2D eigenvalue weighted by atomic mass is 9.76. The first-order valence-electron chi connectivity index (χ1n) is 7.19. The number of hydrogen-bond acceptors (Lipinski definition) is 3. The van der Waals surface area contributed by atoms with Crippen molar-refractivity contribution in [1.29, 1.82) is 0 Å². The molecule has 2 aliphatic rings. The standard InChI is InChI=1S/C14H24N2O3/c1-16(9-10-3-2-4-10)12(17)11-5-7-14(15,8-6-11)13(18)19/h10-11H,2-9,15H2,1H3,(H,18,19). The number of nitrogens with two attached hydrogens (primary N) is 1. The van der Waals surface area contributed by atoms with E-state index in [0.717, 1.165) is 6.54 Å². The van der Waals surface area contributed by atoms with Gasteiger partial charge in [0.1, 0.15) is 5.54 Å². The highest BCUT2D eigenvalue weighted by molar-refractivity contribution is 5.81. The lowest BCUT2D eigenvalue weighted by molar-refractivity contribution is -0.147. The molecule has 0 aromatic rings. The van der Waals surface area contributed by atoms with Crippen LogP contribution < -0.4 is 5.73 Å². The molecule has 1 amide bonds. The molecule has 2 fully saturated rings. The van der Waals surface area contributed by atoms with Crippen LogP contribution in [0.4, 0.5) is 0 Å². The number of rotatable bonds is 4. The fraction of sp³-hybridized carbons (Fsp3) is 0.857. The quantitative estimate of drug-likeness (QED) is 0.803. The Balaban J connectivity index is 1.83. The normalized spacial score (nSPS) is 31.6. The summed E-state index contributed by atoms with van der Waals surface area (Å²) < 4.78 is 0. The average Bonchev–Trinajstić information content (AvgIpc) is 2.33. The molecule has 2 saturated carbocycles. The summed E-state index contributed by atoms with van der Waals surface area (Å²) in [6.45, 7) is 0.849. The molecule has 0 aromatic heterocycles. The highest BCUT2D eigenvalue weighted by Crippen LogP contribution is 2.33. The molecule has 2 rings (SSSR count). The largest absolute Gasteiger partial charge is 0.480 e. The molecule has 0 aliphatic heterocycles. The van der Waals surface area contributed by atoms with Crippen LogP contribution in [0, 0.1) is 11.8 Å². The van der Waals surface area contributed by atoms with Crippen LogP contribution in [-0.2, 0) is 9.59 Å². The Labute approximate surface area is 114 Å². The molecule has 0 heterocycles. The Morgan fingerprint density at radius 3 is 2.26 bits per heavy atom. The fourth-order valence-electron chi connectivity index (χ4n) is 3.06. The third-order valence-corrected chi connectivity index (χ3v) is 4.79. The van der Waals surface area contributed by atoms with Gasteiger partial charge in [0, 0.05) is 19.5 Å². The Bertz CT molecular complexity index is 358. The Morgan fingerprint density at radius 2 is 1.84 bits per heavy atom. The van der Waals surface area contributed by atoms with Gasteiger partial charge in [-0.25, -0.2) is 0 Å². The zero-order valence-electron chi connectivity index (χ0n) is 11.6. The van der Waals surface area contributed by atoms with Gasteiger partial charge in [0.25, 0.3) is 0 Å². The summed E-state index contributed by atoms with van der Waals surface area (Å²) in [7, 11) is 1.86. The number of carboxylic acids is 1. The van der Waals surface area contributed by atoms with Crippen LogP contribution in [0.3, 0.4) is 0 Å². The first kappa shape index (κ1) is 14.3. The van der Waals surface area contributed by atoms with E-state index in [1.807, 2.05) is 11.9 Å². The van der Waals surface area contributed by atoms with Crippen molar-refractivity contribution in [2.24, 2.45) is 17.6 Å². The number of carbonyl (C=O) groups is 2. The summed E-state index contributed by atoms with van der Waals surface area (Å²) in [5.74, 6) is -0.146. The van der Waals surface area contributed by atoms with Gasteiger partial charge in [-0.15, -0.1) is 0 Å². The van der Waals surface area contributed by atoms with E-state index in [1.54, 1.807) is 0 Å². The van der Waals surface area contributed by atoms with Crippen molar-refractivity contribution in [2.45, 2.75) is 50.5 Å². The van der Waals surface area contributed by atoms with Gasteiger partial charge in [-0.1, -0.05) is 6.42 Å². The molecule has 0 unspecified atom stereocenters. The number of aliphatic carboxylic acids is 1. The van der Waals surface area contributed by atoms with E-state index in [9.17, 15) is 9.59 Å². The van der Waals surface area contributed by atoms with Gasteiger partial charge in [0.2, 0.25) is 5.91 Å². The number of hydrogen-bond donors (Lipinski definition) is 2. The molecular weight excluding hydrogens is 244 g/mol. The maximum atomic E-state index is 12.3. The molecule has 19 heavy (non-hydrogen) atoms. The molecule has 108 valence electrons. The predicted molar refractivity (Wildman–Crippen MR) is 71.5 cm³/mol.